The summed E-state index contributed by atoms with van der Waals surface area (Å²) in [5.74, 6) is 0.533. The predicted molar refractivity (Wildman–Crippen MR) is 71.8 cm³/mol. The van der Waals surface area contributed by atoms with Crippen molar-refractivity contribution in [3.05, 3.63) is 39.9 Å². The quantitative estimate of drug-likeness (QED) is 0.607. The molecule has 1 aromatic rings. The van der Waals surface area contributed by atoms with E-state index in [1.165, 1.54) is 31.4 Å². The van der Waals surface area contributed by atoms with E-state index in [1.54, 1.807) is 12.1 Å². The summed E-state index contributed by atoms with van der Waals surface area (Å²) in [5, 5.41) is 10.6. The van der Waals surface area contributed by atoms with Gasteiger partial charge in [-0.25, -0.2) is 0 Å². The molecule has 18 heavy (non-hydrogen) atoms. The molecule has 0 aliphatic carbocycles. The van der Waals surface area contributed by atoms with Crippen LogP contribution in [0.3, 0.4) is 0 Å². The Balaban J connectivity index is 2.04. The van der Waals surface area contributed by atoms with Crippen LogP contribution in [0.15, 0.2) is 24.3 Å². The van der Waals surface area contributed by atoms with Crippen LogP contribution in [0.1, 0.15) is 37.7 Å². The smallest absolute Gasteiger partial charge is 0.269 e. The first-order valence-electron chi connectivity index (χ1n) is 6.67. The van der Waals surface area contributed by atoms with Gasteiger partial charge in [-0.05, 0) is 43.8 Å². The SMILES string of the molecule is CCCN1CCC[C@@H](c2ccc([N+](=O)[O-])cc2)C1. The minimum absolute atomic E-state index is 0.181. The first-order chi connectivity index (χ1) is 8.70. The fourth-order valence-electron chi connectivity index (χ4n) is 2.72. The molecule has 0 spiro atoms. The maximum Gasteiger partial charge on any atom is 0.269 e. The van der Waals surface area contributed by atoms with E-state index in [9.17, 15) is 10.1 Å². The Labute approximate surface area is 108 Å². The van der Waals surface area contributed by atoms with Crippen LogP contribution in [0.5, 0.6) is 0 Å². The topological polar surface area (TPSA) is 46.4 Å². The molecule has 2 rings (SSSR count). The monoisotopic (exact) mass is 248 g/mol. The second kappa shape index (κ2) is 5.96. The van der Waals surface area contributed by atoms with Gasteiger partial charge in [-0.2, -0.15) is 0 Å². The molecule has 0 N–H and O–H groups in total. The third-order valence-electron chi connectivity index (χ3n) is 3.62. The summed E-state index contributed by atoms with van der Waals surface area (Å²) in [6.45, 7) is 5.64. The van der Waals surface area contributed by atoms with Crippen LogP contribution >= 0.6 is 0 Å². The zero-order chi connectivity index (χ0) is 13.0. The van der Waals surface area contributed by atoms with Gasteiger partial charge in [0.25, 0.3) is 5.69 Å². The zero-order valence-electron chi connectivity index (χ0n) is 10.8. The number of hydrogen-bond acceptors (Lipinski definition) is 3. The van der Waals surface area contributed by atoms with Gasteiger partial charge < -0.3 is 4.90 Å². The lowest BCUT2D eigenvalue weighted by Gasteiger charge is -2.32. The van der Waals surface area contributed by atoms with Crippen LogP contribution in [0.25, 0.3) is 0 Å². The molecule has 0 unspecified atom stereocenters. The van der Waals surface area contributed by atoms with Gasteiger partial charge in [0.15, 0.2) is 0 Å². The van der Waals surface area contributed by atoms with Crippen molar-refractivity contribution >= 4 is 5.69 Å². The van der Waals surface area contributed by atoms with Crippen LogP contribution in [-0.2, 0) is 0 Å². The standard InChI is InChI=1S/C14H20N2O2/c1-2-9-15-10-3-4-13(11-15)12-5-7-14(8-6-12)16(17)18/h5-8,13H,2-4,9-11H2,1H3/t13-/m1/s1. The molecule has 1 aromatic carbocycles. The van der Waals surface area contributed by atoms with Crippen molar-refractivity contribution in [2.75, 3.05) is 19.6 Å². The third-order valence-corrected chi connectivity index (χ3v) is 3.62. The zero-order valence-corrected chi connectivity index (χ0v) is 10.8. The first kappa shape index (κ1) is 13.0. The van der Waals surface area contributed by atoms with Crippen LogP contribution in [-0.4, -0.2) is 29.5 Å². The van der Waals surface area contributed by atoms with Crippen LogP contribution in [0, 0.1) is 10.1 Å². The van der Waals surface area contributed by atoms with Crippen molar-refractivity contribution in [1.29, 1.82) is 0 Å². The van der Waals surface area contributed by atoms with Crippen molar-refractivity contribution < 1.29 is 4.92 Å². The molecule has 0 radical (unpaired) electrons. The number of nitro groups is 1. The normalized spacial score (nSPS) is 20.8. The van der Waals surface area contributed by atoms with Crippen molar-refractivity contribution in [3.63, 3.8) is 0 Å². The lowest BCUT2D eigenvalue weighted by atomic mass is 9.90. The molecule has 1 heterocycles. The lowest BCUT2D eigenvalue weighted by molar-refractivity contribution is -0.384. The Bertz CT molecular complexity index is 401. The second-order valence-electron chi connectivity index (χ2n) is 4.99. The Morgan fingerprint density at radius 3 is 2.72 bits per heavy atom. The number of piperidine rings is 1. The molecule has 4 nitrogen and oxygen atoms in total. The summed E-state index contributed by atoms with van der Waals surface area (Å²) in [7, 11) is 0. The molecule has 1 saturated heterocycles. The number of hydrogen-bond donors (Lipinski definition) is 0. The van der Waals surface area contributed by atoms with E-state index in [1.807, 2.05) is 12.1 Å². The minimum atomic E-state index is -0.339. The van der Waals surface area contributed by atoms with Gasteiger partial charge >= 0.3 is 0 Å². The Morgan fingerprint density at radius 2 is 2.11 bits per heavy atom. The summed E-state index contributed by atoms with van der Waals surface area (Å²) < 4.78 is 0. The van der Waals surface area contributed by atoms with E-state index in [2.05, 4.69) is 11.8 Å². The summed E-state index contributed by atoms with van der Waals surface area (Å²) in [4.78, 5) is 12.8. The molecule has 0 saturated carbocycles. The molecule has 0 aromatic heterocycles. The molecular formula is C14H20N2O2. The maximum atomic E-state index is 10.6. The molecular weight excluding hydrogens is 228 g/mol. The summed E-state index contributed by atoms with van der Waals surface area (Å²) in [6, 6.07) is 7.07. The maximum absolute atomic E-state index is 10.6. The average Bonchev–Trinajstić information content (AvgIpc) is 2.39. The van der Waals surface area contributed by atoms with Gasteiger partial charge in [0, 0.05) is 18.7 Å². The van der Waals surface area contributed by atoms with E-state index >= 15 is 0 Å². The van der Waals surface area contributed by atoms with Gasteiger partial charge in [-0.3, -0.25) is 10.1 Å². The first-order valence-corrected chi connectivity index (χ1v) is 6.67. The summed E-state index contributed by atoms with van der Waals surface area (Å²) in [5.41, 5.74) is 1.42. The van der Waals surface area contributed by atoms with E-state index < -0.39 is 0 Å². The Kier molecular flexibility index (Phi) is 4.31. The van der Waals surface area contributed by atoms with Crippen molar-refractivity contribution in [3.8, 4) is 0 Å². The number of likely N-dealkylation sites (tertiary alicyclic amines) is 1. The van der Waals surface area contributed by atoms with Crippen LogP contribution < -0.4 is 0 Å². The second-order valence-corrected chi connectivity index (χ2v) is 4.99. The van der Waals surface area contributed by atoms with E-state index in [0.29, 0.717) is 5.92 Å². The van der Waals surface area contributed by atoms with Gasteiger partial charge in [0.05, 0.1) is 4.92 Å². The highest BCUT2D eigenvalue weighted by Crippen LogP contribution is 2.28. The molecule has 0 bridgehead atoms. The van der Waals surface area contributed by atoms with E-state index in [4.69, 9.17) is 0 Å². The van der Waals surface area contributed by atoms with Gasteiger partial charge in [-0.1, -0.05) is 19.1 Å². The molecule has 0 amide bonds. The third kappa shape index (κ3) is 3.07. The highest BCUT2D eigenvalue weighted by molar-refractivity contribution is 5.34. The highest BCUT2D eigenvalue weighted by atomic mass is 16.6. The molecule has 98 valence electrons. The number of benzene rings is 1. The number of nitro benzene ring substituents is 1. The fourth-order valence-corrected chi connectivity index (χ4v) is 2.72. The van der Waals surface area contributed by atoms with Crippen molar-refractivity contribution in [1.82, 2.24) is 4.90 Å². The predicted octanol–water partition coefficient (Wildman–Crippen LogP) is 3.18. The lowest BCUT2D eigenvalue weighted by Crippen LogP contribution is -2.34. The molecule has 1 fully saturated rings. The largest absolute Gasteiger partial charge is 0.303 e. The Hall–Kier alpha value is -1.42. The van der Waals surface area contributed by atoms with Gasteiger partial charge in [0.1, 0.15) is 0 Å². The fraction of sp³-hybridized carbons (Fsp3) is 0.571. The molecule has 1 aliphatic rings. The number of nitrogens with zero attached hydrogens (tertiary/aromatic N) is 2. The Morgan fingerprint density at radius 1 is 1.39 bits per heavy atom. The average molecular weight is 248 g/mol. The van der Waals surface area contributed by atoms with E-state index in [0.717, 1.165) is 13.1 Å². The summed E-state index contributed by atoms with van der Waals surface area (Å²) in [6.07, 6.45) is 3.60. The van der Waals surface area contributed by atoms with E-state index in [-0.39, 0.29) is 10.6 Å². The van der Waals surface area contributed by atoms with Gasteiger partial charge in [0.2, 0.25) is 0 Å². The van der Waals surface area contributed by atoms with Crippen LogP contribution in [0.2, 0.25) is 0 Å². The minimum Gasteiger partial charge on any atom is -0.303 e. The van der Waals surface area contributed by atoms with Crippen molar-refractivity contribution in [2.45, 2.75) is 32.1 Å². The highest BCUT2D eigenvalue weighted by Gasteiger charge is 2.21. The number of non-ortho nitro benzene ring substituents is 1. The van der Waals surface area contributed by atoms with Crippen molar-refractivity contribution in [2.24, 2.45) is 0 Å². The van der Waals surface area contributed by atoms with Gasteiger partial charge in [-0.15, -0.1) is 0 Å². The molecule has 1 aliphatic heterocycles. The summed E-state index contributed by atoms with van der Waals surface area (Å²) >= 11 is 0. The molecule has 4 heteroatoms. The van der Waals surface area contributed by atoms with Crippen LogP contribution in [0.4, 0.5) is 5.69 Å². The number of rotatable bonds is 4. The molecule has 1 atom stereocenters.